The fraction of sp³-hybridized carbons (Fsp3) is 0.0833. The average Bonchev–Trinajstić information content (AvgIpc) is 2.66. The van der Waals surface area contributed by atoms with Gasteiger partial charge >= 0.3 is 5.97 Å². The molecule has 0 saturated carbocycles. The van der Waals surface area contributed by atoms with Crippen LogP contribution >= 0.6 is 23.2 Å². The van der Waals surface area contributed by atoms with Crippen LogP contribution in [0.2, 0.25) is 10.2 Å². The van der Waals surface area contributed by atoms with Gasteiger partial charge in [-0.05, 0) is 18.2 Å². The van der Waals surface area contributed by atoms with Crippen molar-refractivity contribution in [3.8, 4) is 5.69 Å². The van der Waals surface area contributed by atoms with Crippen LogP contribution in [0.25, 0.3) is 5.69 Å². The van der Waals surface area contributed by atoms with Crippen LogP contribution in [0.4, 0.5) is 0 Å². The van der Waals surface area contributed by atoms with Gasteiger partial charge in [0.05, 0.1) is 12.1 Å². The van der Waals surface area contributed by atoms with Gasteiger partial charge < -0.3 is 4.74 Å². The lowest BCUT2D eigenvalue weighted by Gasteiger charge is -2.08. The van der Waals surface area contributed by atoms with E-state index in [1.54, 1.807) is 4.57 Å². The maximum Gasteiger partial charge on any atom is 0.355 e. The molecule has 0 aliphatic rings. The van der Waals surface area contributed by atoms with Crippen molar-refractivity contribution in [2.75, 3.05) is 7.11 Å². The van der Waals surface area contributed by atoms with Gasteiger partial charge in [0.2, 0.25) is 0 Å². The van der Waals surface area contributed by atoms with Crippen LogP contribution in [0, 0.1) is 0 Å². The fourth-order valence-corrected chi connectivity index (χ4v) is 1.97. The highest BCUT2D eigenvalue weighted by Gasteiger charge is 2.19. The summed E-state index contributed by atoms with van der Waals surface area (Å²) in [5.41, 5.74) is 1.05. The number of halogens is 2. The van der Waals surface area contributed by atoms with E-state index < -0.39 is 5.97 Å². The third-order valence-electron chi connectivity index (χ3n) is 2.31. The van der Waals surface area contributed by atoms with Crippen LogP contribution in [0.3, 0.4) is 0 Å². The van der Waals surface area contributed by atoms with E-state index in [2.05, 4.69) is 4.74 Å². The molecule has 0 aliphatic carbocycles. The first-order valence-electron chi connectivity index (χ1n) is 4.85. The van der Waals surface area contributed by atoms with Crippen LogP contribution in [-0.2, 0) is 4.74 Å². The van der Waals surface area contributed by atoms with Gasteiger partial charge in [-0.25, -0.2) is 4.79 Å². The highest BCUT2D eigenvalue weighted by Crippen LogP contribution is 2.30. The molecule has 0 saturated heterocycles. The lowest BCUT2D eigenvalue weighted by molar-refractivity contribution is 0.0591. The number of para-hydroxylation sites is 1. The first kappa shape index (κ1) is 12.0. The summed E-state index contributed by atoms with van der Waals surface area (Å²) < 4.78 is 6.24. The lowest BCUT2D eigenvalue weighted by Crippen LogP contribution is -2.08. The van der Waals surface area contributed by atoms with Crippen LogP contribution in [0.1, 0.15) is 10.5 Å². The van der Waals surface area contributed by atoms with Gasteiger partial charge in [0.15, 0.2) is 0 Å². The Morgan fingerprint density at radius 1 is 1.24 bits per heavy atom. The first-order valence-corrected chi connectivity index (χ1v) is 5.61. The monoisotopic (exact) mass is 269 g/mol. The predicted octanol–water partition coefficient (Wildman–Crippen LogP) is 3.57. The van der Waals surface area contributed by atoms with E-state index >= 15 is 0 Å². The Bertz CT molecular complexity index is 549. The molecule has 0 unspecified atom stereocenters. The molecule has 1 aromatic carbocycles. The van der Waals surface area contributed by atoms with Gasteiger partial charge in [-0.1, -0.05) is 41.4 Å². The highest BCUT2D eigenvalue weighted by atomic mass is 35.5. The topological polar surface area (TPSA) is 31.2 Å². The number of aromatic nitrogens is 1. The van der Waals surface area contributed by atoms with Crippen molar-refractivity contribution in [1.82, 2.24) is 4.57 Å². The minimum absolute atomic E-state index is 0.290. The fourth-order valence-electron chi connectivity index (χ4n) is 1.54. The van der Waals surface area contributed by atoms with Gasteiger partial charge in [0, 0.05) is 5.69 Å². The van der Waals surface area contributed by atoms with Gasteiger partial charge in [-0.3, -0.25) is 4.57 Å². The summed E-state index contributed by atoms with van der Waals surface area (Å²) in [6.45, 7) is 0. The largest absolute Gasteiger partial charge is 0.464 e. The molecule has 0 fully saturated rings. The summed E-state index contributed by atoms with van der Waals surface area (Å²) in [6, 6.07) is 10.7. The second kappa shape index (κ2) is 4.82. The predicted molar refractivity (Wildman–Crippen MR) is 67.1 cm³/mol. The molecule has 0 spiro atoms. The molecule has 17 heavy (non-hydrogen) atoms. The quantitative estimate of drug-likeness (QED) is 0.781. The van der Waals surface area contributed by atoms with E-state index in [4.69, 9.17) is 23.2 Å². The number of hydrogen-bond acceptors (Lipinski definition) is 2. The van der Waals surface area contributed by atoms with Crippen LogP contribution in [0.15, 0.2) is 36.4 Å². The molecule has 1 aromatic heterocycles. The van der Waals surface area contributed by atoms with Gasteiger partial charge in [0.1, 0.15) is 10.8 Å². The average molecular weight is 270 g/mol. The maximum absolute atomic E-state index is 11.6. The van der Waals surface area contributed by atoms with E-state index in [0.29, 0.717) is 15.9 Å². The molecule has 2 rings (SSSR count). The smallest absolute Gasteiger partial charge is 0.355 e. The van der Waals surface area contributed by atoms with Gasteiger partial charge in [-0.15, -0.1) is 0 Å². The molecule has 0 N–H and O–H groups in total. The molecule has 5 heteroatoms. The molecule has 0 radical (unpaired) electrons. The van der Waals surface area contributed by atoms with Crippen LogP contribution in [-0.4, -0.2) is 17.6 Å². The molecule has 0 aliphatic heterocycles. The van der Waals surface area contributed by atoms with Gasteiger partial charge in [0.25, 0.3) is 0 Å². The van der Waals surface area contributed by atoms with Crippen molar-refractivity contribution in [2.45, 2.75) is 0 Å². The zero-order valence-electron chi connectivity index (χ0n) is 8.98. The second-order valence-electron chi connectivity index (χ2n) is 3.33. The summed E-state index contributed by atoms with van der Waals surface area (Å²) in [5, 5.41) is 0.606. The van der Waals surface area contributed by atoms with Crippen molar-refractivity contribution < 1.29 is 9.53 Å². The Hall–Kier alpha value is -1.45. The molecule has 3 nitrogen and oxygen atoms in total. The number of esters is 1. The highest BCUT2D eigenvalue weighted by molar-refractivity contribution is 6.42. The Labute approximate surface area is 109 Å². The summed E-state index contributed by atoms with van der Waals surface area (Å²) in [7, 11) is 1.31. The Morgan fingerprint density at radius 2 is 1.88 bits per heavy atom. The summed E-state index contributed by atoms with van der Waals surface area (Å²) in [6.07, 6.45) is 0. The number of hydrogen-bond donors (Lipinski definition) is 0. The zero-order valence-corrected chi connectivity index (χ0v) is 10.5. The lowest BCUT2D eigenvalue weighted by atomic mass is 10.3. The first-order chi connectivity index (χ1) is 8.15. The maximum atomic E-state index is 11.6. The number of rotatable bonds is 2. The van der Waals surface area contributed by atoms with Gasteiger partial charge in [-0.2, -0.15) is 0 Å². The van der Waals surface area contributed by atoms with Crippen molar-refractivity contribution in [3.63, 3.8) is 0 Å². The van der Waals surface area contributed by atoms with Crippen LogP contribution in [0.5, 0.6) is 0 Å². The molecule has 88 valence electrons. The molecule has 1 heterocycles. The van der Waals surface area contributed by atoms with E-state index in [-0.39, 0.29) is 0 Å². The minimum atomic E-state index is -0.484. The number of methoxy groups -OCH3 is 1. The number of nitrogens with zero attached hydrogens (tertiary/aromatic N) is 1. The number of carbonyl (C=O) groups excluding carboxylic acids is 1. The Kier molecular flexibility index (Phi) is 3.41. The SMILES string of the molecule is COC(=O)c1cc(Cl)c(Cl)n1-c1ccccc1. The molecule has 0 atom stereocenters. The molecule has 0 amide bonds. The van der Waals surface area contributed by atoms with E-state index in [1.165, 1.54) is 13.2 Å². The van der Waals surface area contributed by atoms with E-state index in [0.717, 1.165) is 5.69 Å². The summed E-state index contributed by atoms with van der Waals surface area (Å²) >= 11 is 12.0. The van der Waals surface area contributed by atoms with Crippen molar-refractivity contribution in [3.05, 3.63) is 52.3 Å². The number of benzene rings is 1. The number of ether oxygens (including phenoxy) is 1. The molecular weight excluding hydrogens is 261 g/mol. The van der Waals surface area contributed by atoms with Crippen molar-refractivity contribution in [2.24, 2.45) is 0 Å². The Balaban J connectivity index is 2.64. The molecular formula is C12H9Cl2NO2. The van der Waals surface area contributed by atoms with Crippen LogP contribution < -0.4 is 0 Å². The van der Waals surface area contributed by atoms with E-state index in [9.17, 15) is 4.79 Å². The molecule has 2 aromatic rings. The van der Waals surface area contributed by atoms with E-state index in [1.807, 2.05) is 30.3 Å². The number of carbonyl (C=O) groups is 1. The normalized spacial score (nSPS) is 10.3. The standard InChI is InChI=1S/C12H9Cl2NO2/c1-17-12(16)10-7-9(13)11(14)15(10)8-5-3-2-4-6-8/h2-7H,1H3. The minimum Gasteiger partial charge on any atom is -0.464 e. The third-order valence-corrected chi connectivity index (χ3v) is 3.06. The summed E-state index contributed by atoms with van der Waals surface area (Å²) in [4.78, 5) is 11.6. The molecule has 0 bridgehead atoms. The third kappa shape index (κ3) is 2.16. The summed E-state index contributed by atoms with van der Waals surface area (Å²) in [5.74, 6) is -0.484. The van der Waals surface area contributed by atoms with Crippen molar-refractivity contribution in [1.29, 1.82) is 0 Å². The van der Waals surface area contributed by atoms with Crippen molar-refractivity contribution >= 4 is 29.2 Å². The zero-order chi connectivity index (χ0) is 12.4. The Morgan fingerprint density at radius 3 is 2.47 bits per heavy atom. The second-order valence-corrected chi connectivity index (χ2v) is 4.10.